The normalized spacial score (nSPS) is 11.5. The maximum Gasteiger partial charge on any atom is 0.131 e. The molecule has 58 heavy (non-hydrogen) atoms. The minimum absolute atomic E-state index is 0.304. The van der Waals surface area contributed by atoms with Crippen molar-refractivity contribution in [2.24, 2.45) is 0 Å². The third-order valence-corrected chi connectivity index (χ3v) is 11.2. The molecule has 0 saturated carbocycles. The Morgan fingerprint density at radius 3 is 1.91 bits per heavy atom. The molecule has 4 nitrogen and oxygen atoms in total. The molecule has 272 valence electrons. The lowest BCUT2D eigenvalue weighted by Gasteiger charge is -2.13. The molecule has 0 aliphatic rings. The Morgan fingerprint density at radius 2 is 1.05 bits per heavy atom. The largest absolute Gasteiger partial charge is 0.309 e. The van der Waals surface area contributed by atoms with Crippen LogP contribution in [0.1, 0.15) is 0 Å². The van der Waals surface area contributed by atoms with E-state index < -0.39 is 0 Å². The molecule has 0 saturated heterocycles. The molecule has 0 N–H and O–H groups in total. The van der Waals surface area contributed by atoms with Gasteiger partial charge in [-0.25, -0.2) is 14.4 Å². The van der Waals surface area contributed by atoms with Crippen molar-refractivity contribution in [1.82, 2.24) is 19.5 Å². The Balaban J connectivity index is 1.04. The van der Waals surface area contributed by atoms with E-state index >= 15 is 4.39 Å². The topological polar surface area (TPSA) is 43.6 Å². The number of rotatable bonds is 6. The van der Waals surface area contributed by atoms with Crippen molar-refractivity contribution in [2.45, 2.75) is 0 Å². The monoisotopic (exact) mass is 744 g/mol. The molecule has 0 radical (unpaired) electrons. The van der Waals surface area contributed by atoms with Gasteiger partial charge in [-0.15, -0.1) is 0 Å². The zero-order chi connectivity index (χ0) is 38.6. The molecule has 0 aliphatic carbocycles. The molecular weight excluding hydrogens is 712 g/mol. The van der Waals surface area contributed by atoms with Crippen LogP contribution in [-0.4, -0.2) is 19.5 Å². The molecule has 5 heteroatoms. The Hall–Kier alpha value is -7.76. The Morgan fingerprint density at radius 1 is 0.379 bits per heavy atom. The van der Waals surface area contributed by atoms with Gasteiger partial charge in [-0.1, -0.05) is 133 Å². The predicted octanol–water partition coefficient (Wildman–Crippen LogP) is 13.7. The Kier molecular flexibility index (Phi) is 7.97. The second-order valence-electron chi connectivity index (χ2n) is 14.6. The molecule has 4 heterocycles. The molecule has 0 fully saturated rings. The molecule has 0 bridgehead atoms. The van der Waals surface area contributed by atoms with Gasteiger partial charge in [0.2, 0.25) is 0 Å². The van der Waals surface area contributed by atoms with Crippen LogP contribution in [0.2, 0.25) is 0 Å². The van der Waals surface area contributed by atoms with Gasteiger partial charge in [0.05, 0.1) is 39.5 Å². The van der Waals surface area contributed by atoms with E-state index in [4.69, 9.17) is 9.97 Å². The molecule has 0 amide bonds. The number of fused-ring (bicyclic) bond motifs is 5. The van der Waals surface area contributed by atoms with Crippen molar-refractivity contribution in [3.63, 3.8) is 0 Å². The number of nitrogens with zero attached hydrogens (tertiary/aromatic N) is 4. The molecule has 11 rings (SSSR count). The van der Waals surface area contributed by atoms with E-state index in [-0.39, 0.29) is 5.82 Å². The van der Waals surface area contributed by atoms with Crippen LogP contribution in [0.5, 0.6) is 0 Å². The van der Waals surface area contributed by atoms with E-state index in [1.807, 2.05) is 85.2 Å². The fraction of sp³-hybridized carbons (Fsp3) is 0. The first kappa shape index (κ1) is 33.6. The number of hydrogen-bond donors (Lipinski definition) is 0. The summed E-state index contributed by atoms with van der Waals surface area (Å²) in [7, 11) is 0. The standard InChI is InChI=1S/C53H33FN4/c54-46-30-37(23-25-41(46)38-24-26-52-44(29-38)45-33-55-28-27-53(45)58(52)51-22-9-16-35-12-5-7-18-42(35)51)39-31-49(43-19-8-15-34-11-4-6-17-40(34)43)57-50(32-39)48-21-10-20-47(56-48)36-13-2-1-3-14-36/h1-33H. The van der Waals surface area contributed by atoms with Crippen molar-refractivity contribution >= 4 is 43.4 Å². The summed E-state index contributed by atoms with van der Waals surface area (Å²) in [5.74, 6) is -0.304. The summed E-state index contributed by atoms with van der Waals surface area (Å²) < 4.78 is 18.9. The van der Waals surface area contributed by atoms with Crippen molar-refractivity contribution in [2.75, 3.05) is 0 Å². The van der Waals surface area contributed by atoms with Gasteiger partial charge in [0, 0.05) is 45.2 Å². The number of hydrogen-bond acceptors (Lipinski definition) is 3. The molecule has 11 aromatic rings. The number of aromatic nitrogens is 4. The van der Waals surface area contributed by atoms with Crippen LogP contribution in [0.4, 0.5) is 4.39 Å². The summed E-state index contributed by atoms with van der Waals surface area (Å²) in [5.41, 5.74) is 11.3. The summed E-state index contributed by atoms with van der Waals surface area (Å²) >= 11 is 0. The van der Waals surface area contributed by atoms with Crippen LogP contribution < -0.4 is 0 Å². The molecular formula is C53H33FN4. The lowest BCUT2D eigenvalue weighted by atomic mass is 9.96. The second kappa shape index (κ2) is 13.8. The van der Waals surface area contributed by atoms with Gasteiger partial charge in [0.25, 0.3) is 0 Å². The maximum absolute atomic E-state index is 16.6. The summed E-state index contributed by atoms with van der Waals surface area (Å²) in [4.78, 5) is 14.8. The minimum atomic E-state index is -0.304. The van der Waals surface area contributed by atoms with Gasteiger partial charge in [0.15, 0.2) is 0 Å². The molecule has 4 aromatic heterocycles. The highest BCUT2D eigenvalue weighted by Crippen LogP contribution is 2.39. The molecule has 0 spiro atoms. The fourth-order valence-electron chi connectivity index (χ4n) is 8.39. The van der Waals surface area contributed by atoms with Crippen LogP contribution in [0.25, 0.3) is 105 Å². The quantitative estimate of drug-likeness (QED) is 0.170. The van der Waals surface area contributed by atoms with E-state index in [9.17, 15) is 0 Å². The van der Waals surface area contributed by atoms with E-state index in [1.165, 1.54) is 5.39 Å². The summed E-state index contributed by atoms with van der Waals surface area (Å²) in [6.07, 6.45) is 3.73. The first-order valence-electron chi connectivity index (χ1n) is 19.4. The van der Waals surface area contributed by atoms with Crippen molar-refractivity contribution in [3.05, 3.63) is 206 Å². The average molecular weight is 745 g/mol. The van der Waals surface area contributed by atoms with Gasteiger partial charge < -0.3 is 4.57 Å². The van der Waals surface area contributed by atoms with Gasteiger partial charge in [0.1, 0.15) is 5.82 Å². The van der Waals surface area contributed by atoms with Crippen LogP contribution in [0.15, 0.2) is 200 Å². The van der Waals surface area contributed by atoms with Gasteiger partial charge >= 0.3 is 0 Å². The molecule has 0 aliphatic heterocycles. The number of pyridine rings is 3. The first-order valence-corrected chi connectivity index (χ1v) is 19.4. The van der Waals surface area contributed by atoms with Crippen molar-refractivity contribution < 1.29 is 4.39 Å². The first-order chi connectivity index (χ1) is 28.7. The van der Waals surface area contributed by atoms with Crippen LogP contribution in [0.3, 0.4) is 0 Å². The highest BCUT2D eigenvalue weighted by atomic mass is 19.1. The third-order valence-electron chi connectivity index (χ3n) is 11.2. The zero-order valence-electron chi connectivity index (χ0n) is 31.2. The zero-order valence-corrected chi connectivity index (χ0v) is 31.2. The highest BCUT2D eigenvalue weighted by Gasteiger charge is 2.18. The summed E-state index contributed by atoms with van der Waals surface area (Å²) in [6, 6.07) is 63.4. The minimum Gasteiger partial charge on any atom is -0.309 e. The molecule has 0 atom stereocenters. The van der Waals surface area contributed by atoms with Gasteiger partial charge in [-0.2, -0.15) is 0 Å². The summed E-state index contributed by atoms with van der Waals surface area (Å²) in [5, 5.41) is 6.58. The molecule has 0 unspecified atom stereocenters. The SMILES string of the molecule is Fc1cc(-c2cc(-c3cccc(-c4ccccc4)n3)nc(-c3cccc4ccccc34)c2)ccc1-c1ccc2c(c1)c1cnccc1n2-c1cccc2ccccc12. The fourth-order valence-corrected chi connectivity index (χ4v) is 8.39. The lowest BCUT2D eigenvalue weighted by molar-refractivity contribution is 0.632. The average Bonchev–Trinajstić information content (AvgIpc) is 3.62. The van der Waals surface area contributed by atoms with Crippen molar-refractivity contribution in [1.29, 1.82) is 0 Å². The smallest absolute Gasteiger partial charge is 0.131 e. The van der Waals surface area contributed by atoms with Gasteiger partial charge in [-0.05, 0) is 87.4 Å². The van der Waals surface area contributed by atoms with Gasteiger partial charge in [-0.3, -0.25) is 4.98 Å². The van der Waals surface area contributed by atoms with Crippen LogP contribution in [0, 0.1) is 5.82 Å². The summed E-state index contributed by atoms with van der Waals surface area (Å²) in [6.45, 7) is 0. The number of halogens is 1. The van der Waals surface area contributed by atoms with Crippen molar-refractivity contribution in [3.8, 4) is 61.8 Å². The molecule has 7 aromatic carbocycles. The third kappa shape index (κ3) is 5.72. The Labute approximate surface area is 334 Å². The van der Waals surface area contributed by atoms with E-state index in [0.29, 0.717) is 11.3 Å². The Bertz CT molecular complexity index is 3360. The predicted molar refractivity (Wildman–Crippen MR) is 236 cm³/mol. The van der Waals surface area contributed by atoms with Crippen LogP contribution in [-0.2, 0) is 0 Å². The second-order valence-corrected chi connectivity index (χ2v) is 14.6. The highest BCUT2D eigenvalue weighted by molar-refractivity contribution is 6.11. The van der Waals surface area contributed by atoms with E-state index in [2.05, 4.69) is 119 Å². The maximum atomic E-state index is 16.6. The van der Waals surface area contributed by atoms with Crippen LogP contribution >= 0.6 is 0 Å². The van der Waals surface area contributed by atoms with E-state index in [1.54, 1.807) is 6.07 Å². The lowest BCUT2D eigenvalue weighted by Crippen LogP contribution is -1.96. The number of benzene rings is 7. The van der Waals surface area contributed by atoms with E-state index in [0.717, 1.165) is 88.6 Å².